The summed E-state index contributed by atoms with van der Waals surface area (Å²) in [7, 11) is -3.89. The Balaban J connectivity index is 1.76. The largest absolute Gasteiger partial charge is 0.338 e. The molecule has 1 amide bonds. The first-order valence-corrected chi connectivity index (χ1v) is 10.3. The molecule has 2 aliphatic heterocycles. The van der Waals surface area contributed by atoms with Crippen molar-refractivity contribution in [1.82, 2.24) is 9.21 Å². The van der Waals surface area contributed by atoms with Gasteiger partial charge in [0, 0.05) is 19.1 Å². The summed E-state index contributed by atoms with van der Waals surface area (Å²) in [6.07, 6.45) is 4.69. The van der Waals surface area contributed by atoms with E-state index in [1.54, 1.807) is 12.1 Å². The molecular formula is C18H21N3O3S. The Morgan fingerprint density at radius 1 is 1.12 bits per heavy atom. The second-order valence-corrected chi connectivity index (χ2v) is 8.98. The van der Waals surface area contributed by atoms with Crippen LogP contribution < -0.4 is 0 Å². The molecule has 4 rings (SSSR count). The van der Waals surface area contributed by atoms with Gasteiger partial charge < -0.3 is 4.90 Å². The molecule has 6 nitrogen and oxygen atoms in total. The van der Waals surface area contributed by atoms with Crippen LogP contribution in [0.2, 0.25) is 0 Å². The van der Waals surface area contributed by atoms with Crippen LogP contribution in [-0.2, 0) is 14.8 Å². The molecule has 0 aromatic heterocycles. The zero-order chi connectivity index (χ0) is 17.7. The van der Waals surface area contributed by atoms with Crippen LogP contribution in [0, 0.1) is 11.3 Å². The molecule has 1 saturated carbocycles. The molecule has 1 atom stereocenters. The number of nitrogens with zero attached hydrogens (tertiary/aromatic N) is 3. The molecule has 0 radical (unpaired) electrons. The first kappa shape index (κ1) is 16.6. The van der Waals surface area contributed by atoms with E-state index in [-0.39, 0.29) is 16.4 Å². The number of rotatable bonds is 3. The summed E-state index contributed by atoms with van der Waals surface area (Å²) in [4.78, 5) is 15.1. The number of carbonyl (C=O) groups excluding carboxylic acids is 1. The van der Waals surface area contributed by atoms with Crippen molar-refractivity contribution in [2.24, 2.45) is 0 Å². The summed E-state index contributed by atoms with van der Waals surface area (Å²) < 4.78 is 28.1. The minimum atomic E-state index is -3.89. The molecule has 1 spiro atoms. The summed E-state index contributed by atoms with van der Waals surface area (Å²) in [5.74, 6) is -0.0308. The van der Waals surface area contributed by atoms with Gasteiger partial charge in [0.1, 0.15) is 11.6 Å². The third-order valence-corrected chi connectivity index (χ3v) is 7.66. The summed E-state index contributed by atoms with van der Waals surface area (Å²) in [6, 6.07) is 8.50. The van der Waals surface area contributed by atoms with Crippen molar-refractivity contribution in [3.63, 3.8) is 0 Å². The van der Waals surface area contributed by atoms with E-state index in [4.69, 9.17) is 0 Å². The van der Waals surface area contributed by atoms with Crippen molar-refractivity contribution in [3.05, 3.63) is 29.8 Å². The van der Waals surface area contributed by atoms with Crippen LogP contribution >= 0.6 is 0 Å². The van der Waals surface area contributed by atoms with Gasteiger partial charge in [-0.2, -0.15) is 9.57 Å². The zero-order valence-electron chi connectivity index (χ0n) is 14.0. The van der Waals surface area contributed by atoms with Crippen molar-refractivity contribution in [1.29, 1.82) is 5.26 Å². The third-order valence-electron chi connectivity index (χ3n) is 5.64. The number of benzene rings is 1. The van der Waals surface area contributed by atoms with Gasteiger partial charge in [0.25, 0.3) is 0 Å². The van der Waals surface area contributed by atoms with Gasteiger partial charge in [-0.1, -0.05) is 12.1 Å². The van der Waals surface area contributed by atoms with Gasteiger partial charge in [-0.05, 0) is 50.7 Å². The van der Waals surface area contributed by atoms with E-state index >= 15 is 0 Å². The highest BCUT2D eigenvalue weighted by Gasteiger charge is 2.57. The van der Waals surface area contributed by atoms with E-state index in [9.17, 15) is 18.5 Å². The maximum atomic E-state index is 13.3. The van der Waals surface area contributed by atoms with E-state index in [0.717, 1.165) is 25.8 Å². The van der Waals surface area contributed by atoms with E-state index in [2.05, 4.69) is 0 Å². The summed E-state index contributed by atoms with van der Waals surface area (Å²) in [6.45, 7) is 1.07. The first-order chi connectivity index (χ1) is 12.0. The lowest BCUT2D eigenvalue weighted by Gasteiger charge is -2.44. The van der Waals surface area contributed by atoms with Gasteiger partial charge >= 0.3 is 0 Å². The Morgan fingerprint density at radius 2 is 1.80 bits per heavy atom. The molecule has 3 fully saturated rings. The SMILES string of the molecule is N#Cc1ccccc1S(=O)(=O)N1CCCC12CCCN(C1CC1)C2=O. The highest BCUT2D eigenvalue weighted by molar-refractivity contribution is 7.89. The monoisotopic (exact) mass is 359 g/mol. The van der Waals surface area contributed by atoms with Gasteiger partial charge in [-0.3, -0.25) is 4.79 Å². The Morgan fingerprint density at radius 3 is 2.48 bits per heavy atom. The standard InChI is InChI=1S/C18H21N3O3S/c19-13-14-5-1-2-6-16(14)25(23,24)21-12-4-10-18(21)9-3-11-20(17(18)22)15-7-8-15/h1-2,5-6,15H,3-4,7-12H2. The van der Waals surface area contributed by atoms with E-state index in [1.165, 1.54) is 16.4 Å². The van der Waals surface area contributed by atoms with Crippen LogP contribution in [0.3, 0.4) is 0 Å². The third kappa shape index (κ3) is 2.47. The quantitative estimate of drug-likeness (QED) is 0.825. The van der Waals surface area contributed by atoms with E-state index in [0.29, 0.717) is 31.8 Å². The summed E-state index contributed by atoms with van der Waals surface area (Å²) in [5, 5.41) is 9.29. The molecule has 1 unspecified atom stereocenters. The minimum Gasteiger partial charge on any atom is -0.338 e. The number of piperidine rings is 1. The Hall–Kier alpha value is -1.91. The van der Waals surface area contributed by atoms with E-state index in [1.807, 2.05) is 11.0 Å². The van der Waals surface area contributed by atoms with Crippen molar-refractivity contribution in [2.45, 2.75) is 55.0 Å². The van der Waals surface area contributed by atoms with Gasteiger partial charge in [0.15, 0.2) is 0 Å². The zero-order valence-corrected chi connectivity index (χ0v) is 14.8. The topological polar surface area (TPSA) is 81.5 Å². The van der Waals surface area contributed by atoms with Gasteiger partial charge in [-0.15, -0.1) is 0 Å². The number of sulfonamides is 1. The van der Waals surface area contributed by atoms with Crippen LogP contribution in [0.25, 0.3) is 0 Å². The van der Waals surface area contributed by atoms with Crippen LogP contribution in [0.4, 0.5) is 0 Å². The predicted molar refractivity (Wildman–Crippen MR) is 91.0 cm³/mol. The highest BCUT2D eigenvalue weighted by atomic mass is 32.2. The summed E-state index contributed by atoms with van der Waals surface area (Å²) >= 11 is 0. The van der Waals surface area contributed by atoms with Gasteiger partial charge in [-0.25, -0.2) is 8.42 Å². The first-order valence-electron chi connectivity index (χ1n) is 8.84. The second kappa shape index (κ2) is 5.82. The lowest BCUT2D eigenvalue weighted by Crippen LogP contribution is -2.61. The molecule has 1 aliphatic carbocycles. The van der Waals surface area contributed by atoms with Crippen LogP contribution in [0.15, 0.2) is 29.2 Å². The number of carbonyl (C=O) groups is 1. The second-order valence-electron chi connectivity index (χ2n) is 7.15. The fourth-order valence-corrected chi connectivity index (χ4v) is 6.29. The lowest BCUT2D eigenvalue weighted by molar-refractivity contribution is -0.145. The molecule has 25 heavy (non-hydrogen) atoms. The minimum absolute atomic E-state index is 0.00937. The Bertz CT molecular complexity index is 857. The maximum absolute atomic E-state index is 13.3. The smallest absolute Gasteiger partial charge is 0.245 e. The number of hydrogen-bond donors (Lipinski definition) is 0. The van der Waals surface area contributed by atoms with Crippen LogP contribution in [0.5, 0.6) is 0 Å². The molecule has 2 heterocycles. The molecule has 2 saturated heterocycles. The van der Waals surface area contributed by atoms with E-state index < -0.39 is 15.6 Å². The lowest BCUT2D eigenvalue weighted by atomic mass is 9.86. The van der Waals surface area contributed by atoms with Gasteiger partial charge in [0.2, 0.25) is 15.9 Å². The number of amides is 1. The molecule has 0 N–H and O–H groups in total. The van der Waals surface area contributed by atoms with Crippen molar-refractivity contribution in [3.8, 4) is 6.07 Å². The fourth-order valence-electron chi connectivity index (χ4n) is 4.32. The van der Waals surface area contributed by atoms with Crippen molar-refractivity contribution < 1.29 is 13.2 Å². The predicted octanol–water partition coefficient (Wildman–Crippen LogP) is 1.87. The molecule has 0 bridgehead atoms. The average molecular weight is 359 g/mol. The molecule has 7 heteroatoms. The number of likely N-dealkylation sites (tertiary alicyclic amines) is 1. The number of hydrogen-bond acceptors (Lipinski definition) is 4. The summed E-state index contributed by atoms with van der Waals surface area (Å²) in [5.41, 5.74) is -0.825. The highest BCUT2D eigenvalue weighted by Crippen LogP contribution is 2.44. The molecule has 3 aliphatic rings. The normalized spacial score (nSPS) is 27.6. The van der Waals surface area contributed by atoms with Gasteiger partial charge in [0.05, 0.1) is 10.5 Å². The number of nitriles is 1. The molecule has 1 aromatic rings. The van der Waals surface area contributed by atoms with Crippen LogP contribution in [0.1, 0.15) is 44.1 Å². The maximum Gasteiger partial charge on any atom is 0.245 e. The Labute approximate surface area is 148 Å². The van der Waals surface area contributed by atoms with Crippen molar-refractivity contribution in [2.75, 3.05) is 13.1 Å². The average Bonchev–Trinajstić information content (AvgIpc) is 3.37. The molecular weight excluding hydrogens is 338 g/mol. The molecule has 132 valence electrons. The Kier molecular flexibility index (Phi) is 3.85. The fraction of sp³-hybridized carbons (Fsp3) is 0.556. The van der Waals surface area contributed by atoms with Crippen LogP contribution in [-0.4, -0.2) is 48.2 Å². The molecule has 1 aromatic carbocycles. The van der Waals surface area contributed by atoms with Crippen molar-refractivity contribution >= 4 is 15.9 Å².